The number of ether oxygens (including phenoxy) is 1. The fraction of sp³-hybridized carbons (Fsp3) is 0.185. The SMILES string of the molecule is COc1ccc(CC(NC(=O)NCc2ccccc2Cn2cncn2)c2nc3ccccc3[nH]2)cc1. The number of nitrogens with one attached hydrogen (secondary N) is 3. The van der Waals surface area contributed by atoms with Gasteiger partial charge in [0.2, 0.25) is 0 Å². The first-order chi connectivity index (χ1) is 17.7. The lowest BCUT2D eigenvalue weighted by molar-refractivity contribution is 0.236. The first-order valence-electron chi connectivity index (χ1n) is 11.7. The lowest BCUT2D eigenvalue weighted by Crippen LogP contribution is -2.39. The van der Waals surface area contributed by atoms with Crippen molar-refractivity contribution in [1.29, 1.82) is 0 Å². The molecule has 0 aliphatic carbocycles. The second-order valence-corrected chi connectivity index (χ2v) is 8.43. The number of methoxy groups -OCH3 is 1. The number of hydrogen-bond acceptors (Lipinski definition) is 5. The summed E-state index contributed by atoms with van der Waals surface area (Å²) >= 11 is 0. The zero-order valence-electron chi connectivity index (χ0n) is 19.9. The van der Waals surface area contributed by atoms with E-state index in [9.17, 15) is 4.79 Å². The van der Waals surface area contributed by atoms with E-state index < -0.39 is 0 Å². The molecule has 2 heterocycles. The van der Waals surface area contributed by atoms with Crippen molar-refractivity contribution < 1.29 is 9.53 Å². The molecule has 9 nitrogen and oxygen atoms in total. The third-order valence-electron chi connectivity index (χ3n) is 6.00. The summed E-state index contributed by atoms with van der Waals surface area (Å²) in [5.41, 5.74) is 4.92. The minimum atomic E-state index is -0.351. The molecule has 0 aliphatic rings. The predicted molar refractivity (Wildman–Crippen MR) is 136 cm³/mol. The molecule has 2 amide bonds. The van der Waals surface area contributed by atoms with Crippen LogP contribution < -0.4 is 15.4 Å². The van der Waals surface area contributed by atoms with Crippen LogP contribution in [0.3, 0.4) is 0 Å². The van der Waals surface area contributed by atoms with Gasteiger partial charge >= 0.3 is 6.03 Å². The molecule has 0 bridgehead atoms. The van der Waals surface area contributed by atoms with Crippen molar-refractivity contribution in [2.75, 3.05) is 7.11 Å². The summed E-state index contributed by atoms with van der Waals surface area (Å²) in [5, 5.41) is 10.3. The molecule has 5 rings (SSSR count). The Kier molecular flexibility index (Phi) is 6.88. The number of aromatic nitrogens is 5. The van der Waals surface area contributed by atoms with E-state index in [4.69, 9.17) is 9.72 Å². The van der Waals surface area contributed by atoms with Crippen molar-refractivity contribution >= 4 is 17.1 Å². The largest absolute Gasteiger partial charge is 0.497 e. The second-order valence-electron chi connectivity index (χ2n) is 8.43. The fourth-order valence-corrected chi connectivity index (χ4v) is 4.11. The Balaban J connectivity index is 1.31. The molecule has 2 aromatic heterocycles. The molecule has 0 aliphatic heterocycles. The number of carbonyl (C=O) groups excluding carboxylic acids is 1. The highest BCUT2D eigenvalue weighted by Crippen LogP contribution is 2.21. The number of rotatable bonds is 9. The molecule has 0 spiro atoms. The minimum absolute atomic E-state index is 0.274. The van der Waals surface area contributed by atoms with Gasteiger partial charge in [-0.2, -0.15) is 5.10 Å². The Morgan fingerprint density at radius 3 is 2.56 bits per heavy atom. The molecule has 1 unspecified atom stereocenters. The van der Waals surface area contributed by atoms with Gasteiger partial charge in [-0.1, -0.05) is 48.5 Å². The summed E-state index contributed by atoms with van der Waals surface area (Å²) in [5.74, 6) is 1.49. The number of urea groups is 1. The quantitative estimate of drug-likeness (QED) is 0.295. The van der Waals surface area contributed by atoms with Gasteiger partial charge in [0, 0.05) is 6.54 Å². The van der Waals surface area contributed by atoms with Gasteiger partial charge in [-0.3, -0.25) is 0 Å². The average Bonchev–Trinajstić information content (AvgIpc) is 3.58. The third kappa shape index (κ3) is 5.52. The van der Waals surface area contributed by atoms with E-state index in [1.165, 1.54) is 6.33 Å². The third-order valence-corrected chi connectivity index (χ3v) is 6.00. The highest BCUT2D eigenvalue weighted by molar-refractivity contribution is 5.76. The van der Waals surface area contributed by atoms with Crippen LogP contribution in [0.2, 0.25) is 0 Å². The van der Waals surface area contributed by atoms with Crippen LogP contribution in [-0.2, 0) is 19.5 Å². The van der Waals surface area contributed by atoms with Crippen LogP contribution in [0.1, 0.15) is 28.6 Å². The number of para-hydroxylation sites is 2. The van der Waals surface area contributed by atoms with Crippen molar-refractivity contribution in [3.63, 3.8) is 0 Å². The molecule has 36 heavy (non-hydrogen) atoms. The molecule has 0 saturated carbocycles. The number of carbonyl (C=O) groups is 1. The number of fused-ring (bicyclic) bond motifs is 1. The van der Waals surface area contributed by atoms with Gasteiger partial charge in [-0.05, 0) is 47.4 Å². The van der Waals surface area contributed by atoms with Crippen molar-refractivity contribution in [3.05, 3.63) is 108 Å². The molecule has 0 radical (unpaired) electrons. The number of amides is 2. The number of H-pyrrole nitrogens is 1. The maximum atomic E-state index is 13.0. The van der Waals surface area contributed by atoms with Gasteiger partial charge in [-0.15, -0.1) is 0 Å². The monoisotopic (exact) mass is 481 g/mol. The number of benzene rings is 3. The minimum Gasteiger partial charge on any atom is -0.497 e. The average molecular weight is 482 g/mol. The van der Waals surface area contributed by atoms with Crippen LogP contribution in [0, 0.1) is 0 Å². The first-order valence-corrected chi connectivity index (χ1v) is 11.7. The summed E-state index contributed by atoms with van der Waals surface area (Å²) in [6.07, 6.45) is 3.75. The van der Waals surface area contributed by atoms with E-state index in [-0.39, 0.29) is 12.1 Å². The second kappa shape index (κ2) is 10.7. The highest BCUT2D eigenvalue weighted by Gasteiger charge is 2.19. The van der Waals surface area contributed by atoms with Gasteiger partial charge < -0.3 is 20.4 Å². The summed E-state index contributed by atoms with van der Waals surface area (Å²) in [6, 6.07) is 23.0. The molecule has 9 heteroatoms. The van der Waals surface area contributed by atoms with Crippen LogP contribution in [0.15, 0.2) is 85.5 Å². The Bertz CT molecular complexity index is 1400. The summed E-state index contributed by atoms with van der Waals surface area (Å²) < 4.78 is 7.03. The molecular formula is C27H27N7O2. The van der Waals surface area contributed by atoms with Gasteiger partial charge in [0.25, 0.3) is 0 Å². The standard InChI is InChI=1S/C27H27N7O2/c1-36-22-12-10-19(11-13-22)14-25(26-31-23-8-4-5-9-24(23)32-26)33-27(35)29-15-20-6-2-3-7-21(20)16-34-18-28-17-30-34/h2-13,17-18,25H,14-16H2,1H3,(H,31,32)(H2,29,33,35). The van der Waals surface area contributed by atoms with Crippen molar-refractivity contribution in [3.8, 4) is 5.75 Å². The zero-order chi connectivity index (χ0) is 24.7. The lowest BCUT2D eigenvalue weighted by Gasteiger charge is -2.18. The molecule has 0 fully saturated rings. The smallest absolute Gasteiger partial charge is 0.315 e. The topological polar surface area (TPSA) is 110 Å². The van der Waals surface area contributed by atoms with E-state index in [0.717, 1.165) is 33.5 Å². The van der Waals surface area contributed by atoms with Crippen LogP contribution in [0.5, 0.6) is 5.75 Å². The Morgan fingerprint density at radius 1 is 1.03 bits per heavy atom. The Morgan fingerprint density at radius 2 is 1.81 bits per heavy atom. The van der Waals surface area contributed by atoms with Crippen LogP contribution in [-0.4, -0.2) is 37.9 Å². The van der Waals surface area contributed by atoms with Gasteiger partial charge in [0.05, 0.1) is 30.7 Å². The van der Waals surface area contributed by atoms with Gasteiger partial charge in [0.15, 0.2) is 0 Å². The van der Waals surface area contributed by atoms with Gasteiger partial charge in [0.1, 0.15) is 24.2 Å². The fourth-order valence-electron chi connectivity index (χ4n) is 4.11. The highest BCUT2D eigenvalue weighted by atomic mass is 16.5. The Labute approximate surface area is 208 Å². The molecular weight excluding hydrogens is 454 g/mol. The molecule has 0 saturated heterocycles. The molecule has 5 aromatic rings. The summed E-state index contributed by atoms with van der Waals surface area (Å²) in [4.78, 5) is 25.1. The first kappa shape index (κ1) is 23.1. The summed E-state index contributed by atoms with van der Waals surface area (Å²) in [6.45, 7) is 0.963. The maximum absolute atomic E-state index is 13.0. The molecule has 3 aromatic carbocycles. The lowest BCUT2D eigenvalue weighted by atomic mass is 10.1. The molecule has 182 valence electrons. The van der Waals surface area contributed by atoms with E-state index in [1.54, 1.807) is 18.1 Å². The van der Waals surface area contributed by atoms with Crippen molar-refractivity contribution in [1.82, 2.24) is 35.4 Å². The normalized spacial score (nSPS) is 11.8. The number of hydrogen-bond donors (Lipinski definition) is 3. The predicted octanol–water partition coefficient (Wildman–Crippen LogP) is 3.99. The zero-order valence-corrected chi connectivity index (χ0v) is 19.9. The van der Waals surface area contributed by atoms with Crippen molar-refractivity contribution in [2.45, 2.75) is 25.6 Å². The van der Waals surface area contributed by atoms with Crippen LogP contribution >= 0.6 is 0 Å². The van der Waals surface area contributed by atoms with Crippen molar-refractivity contribution in [2.24, 2.45) is 0 Å². The van der Waals surface area contributed by atoms with E-state index in [2.05, 4.69) is 25.7 Å². The number of aromatic amines is 1. The van der Waals surface area contributed by atoms with Gasteiger partial charge in [-0.25, -0.2) is 19.4 Å². The summed E-state index contributed by atoms with van der Waals surface area (Å²) in [7, 11) is 1.64. The Hall–Kier alpha value is -4.66. The van der Waals surface area contributed by atoms with E-state index in [0.29, 0.717) is 25.3 Å². The van der Waals surface area contributed by atoms with E-state index in [1.807, 2.05) is 72.8 Å². The van der Waals surface area contributed by atoms with Crippen LogP contribution in [0.4, 0.5) is 4.79 Å². The van der Waals surface area contributed by atoms with Crippen LogP contribution in [0.25, 0.3) is 11.0 Å². The maximum Gasteiger partial charge on any atom is 0.315 e. The molecule has 3 N–H and O–H groups in total. The van der Waals surface area contributed by atoms with E-state index >= 15 is 0 Å². The number of imidazole rings is 1. The number of nitrogens with zero attached hydrogens (tertiary/aromatic N) is 4. The molecule has 1 atom stereocenters.